The van der Waals surface area contributed by atoms with Gasteiger partial charge in [-0.1, -0.05) is 18.1 Å². The Morgan fingerprint density at radius 3 is 2.89 bits per heavy atom. The number of nitrogens with zero attached hydrogens (tertiary/aromatic N) is 1. The fourth-order valence-corrected chi connectivity index (χ4v) is 1.26. The molecule has 18 heavy (non-hydrogen) atoms. The number of hydrogen-bond acceptors (Lipinski definition) is 3. The van der Waals surface area contributed by atoms with E-state index in [1.54, 1.807) is 6.07 Å². The Morgan fingerprint density at radius 1 is 1.56 bits per heavy atom. The first kappa shape index (κ1) is 14.4. The van der Waals surface area contributed by atoms with Gasteiger partial charge in [0.25, 0.3) is 5.91 Å². The van der Waals surface area contributed by atoms with Gasteiger partial charge in [-0.2, -0.15) is 5.26 Å². The van der Waals surface area contributed by atoms with Gasteiger partial charge in [-0.15, -0.1) is 0 Å². The largest absolute Gasteiger partial charge is 0.332 e. The second kappa shape index (κ2) is 7.64. The lowest BCUT2D eigenvalue weighted by Gasteiger charge is -2.11. The molecule has 4 nitrogen and oxygen atoms in total. The van der Waals surface area contributed by atoms with Crippen LogP contribution in [-0.2, 0) is 4.74 Å². The van der Waals surface area contributed by atoms with Gasteiger partial charge in [0, 0.05) is 22.6 Å². The highest BCUT2D eigenvalue weighted by Gasteiger charge is 2.15. The van der Waals surface area contributed by atoms with Gasteiger partial charge in [0.2, 0.25) is 6.23 Å². The van der Waals surface area contributed by atoms with Crippen LogP contribution in [0.3, 0.4) is 0 Å². The number of rotatable bonds is 4. The average Bonchev–Trinajstić information content (AvgIpc) is 2.38. The third kappa shape index (κ3) is 4.32. The second-order valence-electron chi connectivity index (χ2n) is 3.04. The molecule has 0 radical (unpaired) electrons. The lowest BCUT2D eigenvalue weighted by atomic mass is 10.2. The number of carbonyl (C=O) groups is 1. The summed E-state index contributed by atoms with van der Waals surface area (Å²) in [5.41, 5.74) is -0.138. The zero-order valence-electron chi connectivity index (χ0n) is 9.11. The van der Waals surface area contributed by atoms with Gasteiger partial charge in [0.05, 0.1) is 5.56 Å². The Bertz CT molecular complexity index is 531. The van der Waals surface area contributed by atoms with Crippen LogP contribution in [0.5, 0.6) is 0 Å². The fraction of sp³-hybridized carbons (Fsp3) is 0.167. The molecule has 6 heteroatoms. The molecule has 0 saturated carbocycles. The predicted octanol–water partition coefficient (Wildman–Crippen LogP) is 1.82. The van der Waals surface area contributed by atoms with E-state index in [1.807, 2.05) is 22.6 Å². The number of benzene rings is 1. The third-order valence-electron chi connectivity index (χ3n) is 1.89. The molecule has 0 aromatic heterocycles. The van der Waals surface area contributed by atoms with Gasteiger partial charge < -0.3 is 10.1 Å². The number of nitrogens with one attached hydrogen (secondary N) is 1. The average molecular weight is 358 g/mol. The van der Waals surface area contributed by atoms with Crippen molar-refractivity contribution in [3.05, 3.63) is 35.6 Å². The maximum absolute atomic E-state index is 13.3. The fourth-order valence-electron chi connectivity index (χ4n) is 1.11. The van der Waals surface area contributed by atoms with Crippen molar-refractivity contribution >= 4 is 28.5 Å². The number of halogens is 2. The molecule has 0 aliphatic heterocycles. The van der Waals surface area contributed by atoms with E-state index >= 15 is 0 Å². The smallest absolute Gasteiger partial charge is 0.257 e. The first-order valence-electron chi connectivity index (χ1n) is 4.84. The maximum atomic E-state index is 13.3. The predicted molar refractivity (Wildman–Crippen MR) is 71.0 cm³/mol. The quantitative estimate of drug-likeness (QED) is 0.508. The van der Waals surface area contributed by atoms with Crippen molar-refractivity contribution < 1.29 is 13.9 Å². The van der Waals surface area contributed by atoms with E-state index in [2.05, 4.69) is 15.2 Å². The molecule has 1 aromatic rings. The monoisotopic (exact) mass is 358 g/mol. The Kier molecular flexibility index (Phi) is 6.12. The number of hydrogen-bond donors (Lipinski definition) is 1. The van der Waals surface area contributed by atoms with Crippen molar-refractivity contribution in [2.45, 2.75) is 6.23 Å². The molecular formula is C12H8FIN2O2. The molecule has 1 N–H and O–H groups in total. The SMILES string of the molecule is N#CC(NC(=O)c1ccccc1F)OCC#CI. The van der Waals surface area contributed by atoms with Crippen LogP contribution in [0.2, 0.25) is 0 Å². The summed E-state index contributed by atoms with van der Waals surface area (Å²) in [6.45, 7) is 0.0126. The van der Waals surface area contributed by atoms with E-state index in [0.29, 0.717) is 0 Å². The molecule has 0 aliphatic carbocycles. The van der Waals surface area contributed by atoms with Crippen LogP contribution < -0.4 is 5.32 Å². The van der Waals surface area contributed by atoms with Gasteiger partial charge in [0.1, 0.15) is 18.5 Å². The molecule has 92 valence electrons. The van der Waals surface area contributed by atoms with Gasteiger partial charge in [-0.3, -0.25) is 4.79 Å². The molecule has 1 amide bonds. The molecule has 1 unspecified atom stereocenters. The van der Waals surface area contributed by atoms with E-state index in [0.717, 1.165) is 0 Å². The highest BCUT2D eigenvalue weighted by atomic mass is 127. The van der Waals surface area contributed by atoms with Gasteiger partial charge in [-0.25, -0.2) is 4.39 Å². The third-order valence-corrected chi connectivity index (χ3v) is 2.27. The standard InChI is InChI=1S/C12H8FIN2O2/c13-10-5-2-1-4-9(10)12(17)16-11(8-15)18-7-3-6-14/h1-2,4-5,11H,7H2,(H,16,17). The molecule has 0 heterocycles. The van der Waals surface area contributed by atoms with Crippen molar-refractivity contribution in [3.63, 3.8) is 0 Å². The molecular weight excluding hydrogens is 350 g/mol. The summed E-state index contributed by atoms with van der Waals surface area (Å²) >= 11 is 1.82. The van der Waals surface area contributed by atoms with E-state index < -0.39 is 18.0 Å². The zero-order chi connectivity index (χ0) is 13.4. The Balaban J connectivity index is 2.65. The highest BCUT2D eigenvalue weighted by Crippen LogP contribution is 2.06. The van der Waals surface area contributed by atoms with E-state index in [4.69, 9.17) is 10.00 Å². The van der Waals surface area contributed by atoms with Crippen LogP contribution >= 0.6 is 22.6 Å². The highest BCUT2D eigenvalue weighted by molar-refractivity contribution is 14.1. The van der Waals surface area contributed by atoms with Crippen LogP contribution in [0.4, 0.5) is 4.39 Å². The summed E-state index contributed by atoms with van der Waals surface area (Å²) in [6, 6.07) is 7.22. The molecule has 1 aromatic carbocycles. The minimum atomic E-state index is -1.16. The molecule has 1 atom stereocenters. The molecule has 0 fully saturated rings. The zero-order valence-corrected chi connectivity index (χ0v) is 11.3. The first-order chi connectivity index (χ1) is 8.69. The molecule has 0 spiro atoms. The normalized spacial score (nSPS) is 10.7. The van der Waals surface area contributed by atoms with Gasteiger partial charge in [0.15, 0.2) is 0 Å². The van der Waals surface area contributed by atoms with Crippen LogP contribution in [-0.4, -0.2) is 18.7 Å². The Hall–Kier alpha value is -1.64. The second-order valence-corrected chi connectivity index (χ2v) is 3.58. The van der Waals surface area contributed by atoms with Crippen LogP contribution in [0, 0.1) is 27.0 Å². The van der Waals surface area contributed by atoms with Crippen LogP contribution in [0.1, 0.15) is 10.4 Å². The van der Waals surface area contributed by atoms with Crippen molar-refractivity contribution in [1.29, 1.82) is 5.26 Å². The molecule has 0 saturated heterocycles. The van der Waals surface area contributed by atoms with E-state index in [-0.39, 0.29) is 12.2 Å². The van der Waals surface area contributed by atoms with Gasteiger partial charge >= 0.3 is 0 Å². The minimum Gasteiger partial charge on any atom is -0.332 e. The van der Waals surface area contributed by atoms with Crippen LogP contribution in [0.25, 0.3) is 0 Å². The summed E-state index contributed by atoms with van der Waals surface area (Å²) in [5.74, 6) is 1.22. The number of amides is 1. The number of nitriles is 1. The number of carbonyl (C=O) groups excluding carboxylic acids is 1. The lowest BCUT2D eigenvalue weighted by Crippen LogP contribution is -2.36. The van der Waals surface area contributed by atoms with Crippen molar-refractivity contribution in [1.82, 2.24) is 5.32 Å². The minimum absolute atomic E-state index is 0.0126. The van der Waals surface area contributed by atoms with E-state index in [1.165, 1.54) is 24.3 Å². The molecule has 0 aliphatic rings. The number of ether oxygens (including phenoxy) is 1. The van der Waals surface area contributed by atoms with Crippen molar-refractivity contribution in [2.75, 3.05) is 6.61 Å². The van der Waals surface area contributed by atoms with Gasteiger partial charge in [-0.05, 0) is 16.1 Å². The Labute approximate surface area is 117 Å². The molecule has 1 rings (SSSR count). The topological polar surface area (TPSA) is 62.1 Å². The van der Waals surface area contributed by atoms with E-state index in [9.17, 15) is 9.18 Å². The summed E-state index contributed by atoms with van der Waals surface area (Å²) < 4.78 is 20.8. The summed E-state index contributed by atoms with van der Waals surface area (Å²) in [7, 11) is 0. The Morgan fingerprint density at radius 2 is 2.28 bits per heavy atom. The lowest BCUT2D eigenvalue weighted by molar-refractivity contribution is 0.0682. The summed E-state index contributed by atoms with van der Waals surface area (Å²) in [6.07, 6.45) is -1.16. The van der Waals surface area contributed by atoms with Crippen molar-refractivity contribution in [2.24, 2.45) is 0 Å². The maximum Gasteiger partial charge on any atom is 0.257 e. The first-order valence-corrected chi connectivity index (χ1v) is 5.92. The van der Waals surface area contributed by atoms with Crippen LogP contribution in [0.15, 0.2) is 24.3 Å². The molecule has 0 bridgehead atoms. The van der Waals surface area contributed by atoms with Crippen molar-refractivity contribution in [3.8, 4) is 15.9 Å². The summed E-state index contributed by atoms with van der Waals surface area (Å²) in [4.78, 5) is 11.6. The summed E-state index contributed by atoms with van der Waals surface area (Å²) in [5, 5.41) is 11.0.